The second kappa shape index (κ2) is 4.65. The van der Waals surface area contributed by atoms with Gasteiger partial charge in [-0.3, -0.25) is 0 Å². The standard InChI is InChI=1S/C14H15ClN2O/c15-11-6-2-5-10(8-11)13-12(17-18-14(13)16)7-9-3-1-4-9/h2,5-6,8-9H,1,3-4,7,16H2. The van der Waals surface area contributed by atoms with E-state index in [9.17, 15) is 0 Å². The van der Waals surface area contributed by atoms with Gasteiger partial charge in [0.2, 0.25) is 5.88 Å². The van der Waals surface area contributed by atoms with E-state index in [4.69, 9.17) is 21.9 Å². The molecule has 18 heavy (non-hydrogen) atoms. The van der Waals surface area contributed by atoms with Crippen LogP contribution in [0.25, 0.3) is 11.1 Å². The average Bonchev–Trinajstić information content (AvgIpc) is 2.65. The van der Waals surface area contributed by atoms with E-state index in [2.05, 4.69) is 5.16 Å². The molecule has 0 spiro atoms. The van der Waals surface area contributed by atoms with Gasteiger partial charge in [-0.15, -0.1) is 0 Å². The molecule has 1 aliphatic carbocycles. The fraction of sp³-hybridized carbons (Fsp3) is 0.357. The summed E-state index contributed by atoms with van der Waals surface area (Å²) in [6, 6.07) is 7.64. The molecule has 3 rings (SSSR count). The molecule has 1 heterocycles. The monoisotopic (exact) mass is 262 g/mol. The predicted molar refractivity (Wildman–Crippen MR) is 72.4 cm³/mol. The first kappa shape index (κ1) is 11.6. The van der Waals surface area contributed by atoms with Gasteiger partial charge in [-0.2, -0.15) is 0 Å². The number of aromatic nitrogens is 1. The van der Waals surface area contributed by atoms with Gasteiger partial charge in [0.15, 0.2) is 0 Å². The molecule has 0 aliphatic heterocycles. The summed E-state index contributed by atoms with van der Waals surface area (Å²) in [6.07, 6.45) is 4.83. The van der Waals surface area contributed by atoms with Crippen LogP contribution in [0.15, 0.2) is 28.8 Å². The highest BCUT2D eigenvalue weighted by atomic mass is 35.5. The maximum absolute atomic E-state index is 6.02. The number of nitrogens with two attached hydrogens (primary N) is 1. The molecule has 94 valence electrons. The summed E-state index contributed by atoms with van der Waals surface area (Å²) < 4.78 is 5.14. The number of benzene rings is 1. The van der Waals surface area contributed by atoms with Crippen molar-refractivity contribution in [3.05, 3.63) is 35.0 Å². The Morgan fingerprint density at radius 2 is 2.22 bits per heavy atom. The predicted octanol–water partition coefficient (Wildman–Crippen LogP) is 3.92. The van der Waals surface area contributed by atoms with Crippen LogP contribution in [0.5, 0.6) is 0 Å². The highest BCUT2D eigenvalue weighted by molar-refractivity contribution is 6.30. The fourth-order valence-corrected chi connectivity index (χ4v) is 2.59. The molecule has 1 aliphatic rings. The molecule has 0 amide bonds. The molecule has 0 saturated heterocycles. The molecule has 1 fully saturated rings. The number of hydrogen-bond acceptors (Lipinski definition) is 3. The Morgan fingerprint density at radius 3 is 2.89 bits per heavy atom. The Balaban J connectivity index is 1.96. The molecule has 0 unspecified atom stereocenters. The van der Waals surface area contributed by atoms with Crippen LogP contribution in [0.1, 0.15) is 25.0 Å². The summed E-state index contributed by atoms with van der Waals surface area (Å²) in [5, 5.41) is 4.80. The SMILES string of the molecule is Nc1onc(CC2CCC2)c1-c1cccc(Cl)c1. The van der Waals surface area contributed by atoms with E-state index in [1.165, 1.54) is 19.3 Å². The summed E-state index contributed by atoms with van der Waals surface area (Å²) in [6.45, 7) is 0. The summed E-state index contributed by atoms with van der Waals surface area (Å²) >= 11 is 6.02. The topological polar surface area (TPSA) is 52.0 Å². The lowest BCUT2D eigenvalue weighted by Gasteiger charge is -2.24. The second-order valence-electron chi connectivity index (χ2n) is 4.88. The van der Waals surface area contributed by atoms with Crippen molar-refractivity contribution in [1.29, 1.82) is 0 Å². The summed E-state index contributed by atoms with van der Waals surface area (Å²) in [4.78, 5) is 0. The van der Waals surface area contributed by atoms with Crippen molar-refractivity contribution in [1.82, 2.24) is 5.16 Å². The van der Waals surface area contributed by atoms with Gasteiger partial charge in [-0.05, 0) is 30.0 Å². The number of halogens is 1. The summed E-state index contributed by atoms with van der Waals surface area (Å²) in [7, 11) is 0. The van der Waals surface area contributed by atoms with E-state index in [1.54, 1.807) is 0 Å². The van der Waals surface area contributed by atoms with Gasteiger partial charge >= 0.3 is 0 Å². The van der Waals surface area contributed by atoms with Gasteiger partial charge in [-0.25, -0.2) is 0 Å². The molecular weight excluding hydrogens is 248 g/mol. The maximum atomic E-state index is 6.02. The van der Waals surface area contributed by atoms with Crippen LogP contribution < -0.4 is 5.73 Å². The zero-order chi connectivity index (χ0) is 12.5. The van der Waals surface area contributed by atoms with Crippen molar-refractivity contribution in [3.8, 4) is 11.1 Å². The molecule has 3 nitrogen and oxygen atoms in total. The van der Waals surface area contributed by atoms with E-state index in [-0.39, 0.29) is 0 Å². The van der Waals surface area contributed by atoms with Crippen LogP contribution >= 0.6 is 11.6 Å². The molecule has 1 saturated carbocycles. The average molecular weight is 263 g/mol. The second-order valence-corrected chi connectivity index (χ2v) is 5.32. The number of nitrogens with zero attached hydrogens (tertiary/aromatic N) is 1. The molecule has 2 aromatic rings. The number of anilines is 1. The van der Waals surface area contributed by atoms with Gasteiger partial charge < -0.3 is 10.3 Å². The molecule has 0 radical (unpaired) electrons. The summed E-state index contributed by atoms with van der Waals surface area (Å²) in [5.41, 5.74) is 8.73. The third kappa shape index (κ3) is 2.10. The van der Waals surface area contributed by atoms with Gasteiger partial charge in [0.05, 0.1) is 11.3 Å². The largest absolute Gasteiger partial charge is 0.367 e. The van der Waals surface area contributed by atoms with E-state index in [0.29, 0.717) is 10.9 Å². The smallest absolute Gasteiger partial charge is 0.230 e. The van der Waals surface area contributed by atoms with E-state index in [1.807, 2.05) is 24.3 Å². The van der Waals surface area contributed by atoms with Crippen molar-refractivity contribution in [2.75, 3.05) is 5.73 Å². The van der Waals surface area contributed by atoms with Gasteiger partial charge in [0, 0.05) is 5.02 Å². The van der Waals surface area contributed by atoms with Crippen LogP contribution in [0.2, 0.25) is 5.02 Å². The van der Waals surface area contributed by atoms with Crippen LogP contribution in [0, 0.1) is 5.92 Å². The first-order chi connectivity index (χ1) is 8.74. The quantitative estimate of drug-likeness (QED) is 0.912. The zero-order valence-corrected chi connectivity index (χ0v) is 10.8. The van der Waals surface area contributed by atoms with Crippen molar-refractivity contribution in [3.63, 3.8) is 0 Å². The minimum atomic E-state index is 0.381. The Kier molecular flexibility index (Phi) is 3.00. The molecule has 0 atom stereocenters. The molecule has 1 aromatic heterocycles. The van der Waals surface area contributed by atoms with Crippen molar-refractivity contribution >= 4 is 17.5 Å². The van der Waals surface area contributed by atoms with Gasteiger partial charge in [-0.1, -0.05) is 48.2 Å². The minimum Gasteiger partial charge on any atom is -0.367 e. The number of hydrogen-bond donors (Lipinski definition) is 1. The minimum absolute atomic E-state index is 0.381. The molecule has 2 N–H and O–H groups in total. The Hall–Kier alpha value is -1.48. The zero-order valence-electron chi connectivity index (χ0n) is 10.0. The Bertz CT molecular complexity index is 561. The summed E-state index contributed by atoms with van der Waals surface area (Å²) in [5.74, 6) is 1.11. The van der Waals surface area contributed by atoms with Crippen LogP contribution in [-0.2, 0) is 6.42 Å². The van der Waals surface area contributed by atoms with Crippen molar-refractivity contribution in [2.24, 2.45) is 5.92 Å². The number of rotatable bonds is 3. The third-order valence-electron chi connectivity index (χ3n) is 3.61. The van der Waals surface area contributed by atoms with Crippen molar-refractivity contribution < 1.29 is 4.52 Å². The Labute approximate surface area is 111 Å². The molecule has 1 aromatic carbocycles. The number of nitrogen functional groups attached to an aromatic ring is 1. The fourth-order valence-electron chi connectivity index (χ4n) is 2.40. The normalized spacial score (nSPS) is 15.6. The van der Waals surface area contributed by atoms with Gasteiger partial charge in [0.1, 0.15) is 0 Å². The Morgan fingerprint density at radius 1 is 1.39 bits per heavy atom. The van der Waals surface area contributed by atoms with Crippen LogP contribution in [-0.4, -0.2) is 5.16 Å². The van der Waals surface area contributed by atoms with E-state index >= 15 is 0 Å². The first-order valence-electron chi connectivity index (χ1n) is 6.24. The van der Waals surface area contributed by atoms with Crippen molar-refractivity contribution in [2.45, 2.75) is 25.7 Å². The highest BCUT2D eigenvalue weighted by Crippen LogP contribution is 2.36. The van der Waals surface area contributed by atoms with Crippen LogP contribution in [0.4, 0.5) is 5.88 Å². The van der Waals surface area contributed by atoms with E-state index in [0.717, 1.165) is 29.2 Å². The molecular formula is C14H15ClN2O. The first-order valence-corrected chi connectivity index (χ1v) is 6.62. The lowest BCUT2D eigenvalue weighted by Crippen LogP contribution is -2.14. The molecule has 4 heteroatoms. The lowest BCUT2D eigenvalue weighted by molar-refractivity contribution is 0.306. The van der Waals surface area contributed by atoms with E-state index < -0.39 is 0 Å². The molecule has 0 bridgehead atoms. The highest BCUT2D eigenvalue weighted by Gasteiger charge is 2.23. The van der Waals surface area contributed by atoms with Crippen LogP contribution in [0.3, 0.4) is 0 Å². The lowest BCUT2D eigenvalue weighted by atomic mass is 9.81. The van der Waals surface area contributed by atoms with Gasteiger partial charge in [0.25, 0.3) is 0 Å². The third-order valence-corrected chi connectivity index (χ3v) is 3.84. The maximum Gasteiger partial charge on any atom is 0.230 e.